The summed E-state index contributed by atoms with van der Waals surface area (Å²) < 4.78 is 0. The van der Waals surface area contributed by atoms with E-state index in [-0.39, 0.29) is 0 Å². The minimum Gasteiger partial charge on any atom is -0.480 e. The maximum absolute atomic E-state index is 10.3. The highest BCUT2D eigenvalue weighted by atomic mass is 32.2. The highest BCUT2D eigenvalue weighted by molar-refractivity contribution is 8.26. The van der Waals surface area contributed by atoms with Crippen LogP contribution in [0.2, 0.25) is 6.82 Å². The van der Waals surface area contributed by atoms with Gasteiger partial charge in [0.25, 0.3) is 0 Å². The predicted molar refractivity (Wildman–Crippen MR) is 59.3 cm³/mol. The minimum absolute atomic E-state index is 0.575. The van der Waals surface area contributed by atoms with E-state index in [1.807, 2.05) is 20.4 Å². The number of carbonyl (C=O) groups is 1. The summed E-state index contributed by atoms with van der Waals surface area (Å²) in [5.41, 5.74) is 5.34. The lowest BCUT2D eigenvalue weighted by molar-refractivity contribution is -0.138. The van der Waals surface area contributed by atoms with Gasteiger partial charge in [0, 0.05) is 0 Å². The summed E-state index contributed by atoms with van der Waals surface area (Å²) in [6, 6.07) is -0.688. The monoisotopic (exact) mass is 199 g/mol. The van der Waals surface area contributed by atoms with Crippen LogP contribution in [0.15, 0.2) is 0 Å². The van der Waals surface area contributed by atoms with E-state index in [9.17, 15) is 4.79 Å². The first-order chi connectivity index (χ1) is 6.18. The zero-order valence-corrected chi connectivity index (χ0v) is 8.72. The molecular weight excluding hydrogens is 184 g/mol. The zero-order chi connectivity index (χ0) is 10.1. The van der Waals surface area contributed by atoms with Gasteiger partial charge < -0.3 is 10.8 Å². The Morgan fingerprint density at radius 1 is 1.62 bits per heavy atom. The van der Waals surface area contributed by atoms with Crippen LogP contribution in [0, 0.1) is 0 Å². The predicted octanol–water partition coefficient (Wildman–Crippen LogP) is 0.588. The van der Waals surface area contributed by atoms with Crippen LogP contribution in [-0.4, -0.2) is 36.5 Å². The van der Waals surface area contributed by atoms with Crippen molar-refractivity contribution in [1.82, 2.24) is 0 Å². The molecule has 0 aliphatic rings. The fourth-order valence-electron chi connectivity index (χ4n) is 0.837. The average Bonchev–Trinajstić information content (AvgIpc) is 2.10. The molecule has 2 radical (unpaired) electrons. The molecule has 0 aromatic rings. The third-order valence-corrected chi connectivity index (χ3v) is 2.57. The van der Waals surface area contributed by atoms with Crippen LogP contribution >= 0.6 is 11.6 Å². The molecule has 3 nitrogen and oxygen atoms in total. The van der Waals surface area contributed by atoms with Crippen LogP contribution in [0.25, 0.3) is 0 Å². The first-order valence-electron chi connectivity index (χ1n) is 4.39. The number of nitrogens with two attached hydrogens (primary N) is 1. The van der Waals surface area contributed by atoms with E-state index in [1.54, 1.807) is 11.6 Å². The Balaban J connectivity index is 3.11. The summed E-state index contributed by atoms with van der Waals surface area (Å²) in [7, 11) is 1.99. The maximum atomic E-state index is 10.3. The van der Waals surface area contributed by atoms with E-state index < -0.39 is 12.0 Å². The quantitative estimate of drug-likeness (QED) is 0.443. The molecule has 0 aromatic carbocycles. The lowest BCUT2D eigenvalue weighted by Gasteiger charge is -2.05. The van der Waals surface area contributed by atoms with E-state index in [1.165, 1.54) is 0 Å². The van der Waals surface area contributed by atoms with E-state index in [2.05, 4.69) is 0 Å². The molecule has 0 rings (SSSR count). The minimum atomic E-state index is -0.902. The Kier molecular flexibility index (Phi) is 8.45. The number of carboxylic acid groups (broad SMARTS) is 1. The van der Waals surface area contributed by atoms with E-state index in [4.69, 9.17) is 10.8 Å². The van der Waals surface area contributed by atoms with Gasteiger partial charge in [-0.25, -0.2) is 11.6 Å². The second kappa shape index (κ2) is 8.51. The normalized spacial score (nSPS) is 12.2. The first-order valence-corrected chi connectivity index (χ1v) is 5.44. The molecule has 6 heteroatoms. The molecule has 0 spiro atoms. The Morgan fingerprint density at radius 3 is 2.85 bits per heavy atom. The van der Waals surface area contributed by atoms with Gasteiger partial charge in [0.15, 0.2) is 0 Å². The lowest BCUT2D eigenvalue weighted by atomic mass is 9.57. The largest absolute Gasteiger partial charge is 0.480 e. The van der Waals surface area contributed by atoms with Gasteiger partial charge in [0.2, 0.25) is 0 Å². The summed E-state index contributed by atoms with van der Waals surface area (Å²) in [5.74, 6) is 0.137. The van der Waals surface area contributed by atoms with Crippen LogP contribution in [0.3, 0.4) is 0 Å². The van der Waals surface area contributed by atoms with Crippen molar-refractivity contribution in [2.24, 2.45) is 5.73 Å². The van der Waals surface area contributed by atoms with Gasteiger partial charge in [0.05, 0.1) is 7.17 Å². The molecule has 1 atom stereocenters. The van der Waals surface area contributed by atoms with Gasteiger partial charge in [-0.2, -0.15) is 0 Å². The van der Waals surface area contributed by atoms with Crippen molar-refractivity contribution >= 4 is 31.2 Å². The third kappa shape index (κ3) is 8.25. The van der Waals surface area contributed by atoms with Crippen LogP contribution in [0.1, 0.15) is 19.3 Å². The summed E-state index contributed by atoms with van der Waals surface area (Å²) in [6.45, 7) is 1.98. The number of rotatable bonds is 8. The number of hydrogen-bond acceptors (Lipinski definition) is 3. The maximum Gasteiger partial charge on any atom is 0.320 e. The molecular formula is C7H15B2NO2S. The smallest absolute Gasteiger partial charge is 0.320 e. The molecule has 13 heavy (non-hydrogen) atoms. The molecule has 0 fully saturated rings. The second-order valence-electron chi connectivity index (χ2n) is 2.78. The molecule has 1 unspecified atom stereocenters. The molecule has 0 amide bonds. The van der Waals surface area contributed by atoms with Crippen molar-refractivity contribution in [1.29, 1.82) is 0 Å². The number of hydrogen-bond donors (Lipinski definition) is 2. The van der Waals surface area contributed by atoms with Crippen molar-refractivity contribution in [2.45, 2.75) is 32.1 Å². The summed E-state index contributed by atoms with van der Waals surface area (Å²) in [6.07, 6.45) is 4.52. The standard InChI is InChI=1S/C7H15B2NO2S/c1-8-9-13-5-3-2-4-6(10)7(11)12/h6H,2-5,10H2,1H3,(H,11,12). The van der Waals surface area contributed by atoms with E-state index >= 15 is 0 Å². The van der Waals surface area contributed by atoms with Gasteiger partial charge >= 0.3 is 5.97 Å². The first kappa shape index (κ1) is 12.9. The fraction of sp³-hybridized carbons (Fsp3) is 0.857. The second-order valence-corrected chi connectivity index (χ2v) is 3.79. The Labute approximate surface area is 85.2 Å². The molecule has 0 aliphatic heterocycles. The van der Waals surface area contributed by atoms with Crippen molar-refractivity contribution < 1.29 is 9.90 Å². The Morgan fingerprint density at radius 2 is 2.31 bits per heavy atom. The van der Waals surface area contributed by atoms with Gasteiger partial charge in [-0.15, -0.1) is 0 Å². The van der Waals surface area contributed by atoms with Crippen molar-refractivity contribution in [3.63, 3.8) is 0 Å². The molecule has 72 valence electrons. The van der Waals surface area contributed by atoms with Crippen LogP contribution in [-0.2, 0) is 4.79 Å². The zero-order valence-electron chi connectivity index (χ0n) is 7.90. The highest BCUT2D eigenvalue weighted by Gasteiger charge is 2.09. The van der Waals surface area contributed by atoms with Crippen molar-refractivity contribution in [3.05, 3.63) is 0 Å². The Bertz CT molecular complexity index is 148. The van der Waals surface area contributed by atoms with Crippen LogP contribution < -0.4 is 5.73 Å². The van der Waals surface area contributed by atoms with Crippen molar-refractivity contribution in [3.8, 4) is 0 Å². The highest BCUT2D eigenvalue weighted by Crippen LogP contribution is 2.05. The molecule has 0 heterocycles. The average molecular weight is 199 g/mol. The van der Waals surface area contributed by atoms with Crippen LogP contribution in [0.5, 0.6) is 0 Å². The topological polar surface area (TPSA) is 63.3 Å². The molecule has 0 saturated heterocycles. The van der Waals surface area contributed by atoms with Gasteiger partial charge in [0.1, 0.15) is 12.5 Å². The molecule has 3 N–H and O–H groups in total. The molecule has 0 aliphatic carbocycles. The van der Waals surface area contributed by atoms with Gasteiger partial charge in [-0.05, 0) is 18.6 Å². The summed E-state index contributed by atoms with van der Waals surface area (Å²) in [4.78, 5) is 10.3. The van der Waals surface area contributed by atoms with E-state index in [0.29, 0.717) is 6.42 Å². The lowest BCUT2D eigenvalue weighted by Crippen LogP contribution is -2.29. The fourth-order valence-corrected chi connectivity index (χ4v) is 1.54. The third-order valence-electron chi connectivity index (χ3n) is 1.58. The molecule has 0 saturated carbocycles. The SMILES string of the molecule is C[B][B]SCCCCC(N)C(=O)O. The van der Waals surface area contributed by atoms with Gasteiger partial charge in [-0.3, -0.25) is 4.79 Å². The molecule has 0 aromatic heterocycles. The van der Waals surface area contributed by atoms with E-state index in [0.717, 1.165) is 18.6 Å². The number of unbranched alkanes of at least 4 members (excludes halogenated alkanes) is 1. The number of carboxylic acids is 1. The summed E-state index contributed by atoms with van der Waals surface area (Å²) >= 11 is 1.74. The van der Waals surface area contributed by atoms with Gasteiger partial charge in [-0.1, -0.05) is 13.2 Å². The molecule has 0 bridgehead atoms. The van der Waals surface area contributed by atoms with Crippen molar-refractivity contribution in [2.75, 3.05) is 5.75 Å². The van der Waals surface area contributed by atoms with Crippen LogP contribution in [0.4, 0.5) is 0 Å². The Hall–Kier alpha value is -0.0901. The summed E-state index contributed by atoms with van der Waals surface area (Å²) in [5, 5.41) is 8.48. The number of aliphatic carboxylic acids is 1.